The molecule has 0 aliphatic carbocycles. The number of rotatable bonds is 0. The fourth-order valence-electron chi connectivity index (χ4n) is 0. The lowest BCUT2D eigenvalue weighted by Gasteiger charge is -1.79. The van der Waals surface area contributed by atoms with Crippen molar-refractivity contribution in [1.29, 1.82) is 0 Å². The molecule has 0 bridgehead atoms. The van der Waals surface area contributed by atoms with Crippen LogP contribution in [0.1, 0.15) is 6.92 Å². The molecule has 0 N–H and O–H groups in total. The normalized spacial score (nSPS) is 8.00. The van der Waals surface area contributed by atoms with Crippen molar-refractivity contribution in [2.24, 2.45) is 0 Å². The summed E-state index contributed by atoms with van der Waals surface area (Å²) in [7, 11) is 0. The van der Waals surface area contributed by atoms with E-state index in [1.165, 1.54) is 0 Å². The first-order valence-corrected chi connectivity index (χ1v) is 2.87. The second-order valence-electron chi connectivity index (χ2n) is 0.794. The van der Waals surface area contributed by atoms with Crippen molar-refractivity contribution in [3.8, 4) is 0 Å². The minimum atomic E-state index is 0.287. The summed E-state index contributed by atoms with van der Waals surface area (Å²) in [5, 5.41) is 0. The minimum absolute atomic E-state index is 0.287. The molecule has 0 unspecified atom stereocenters. The van der Waals surface area contributed by atoms with Gasteiger partial charge in [-0.15, -0.1) is 0 Å². The lowest BCUT2D eigenvalue weighted by atomic mass is 10.8. The standard InChI is InChI=1S/C3H3BrCl2/c1-2(4)3(5)6/h1H3. The van der Waals surface area contributed by atoms with Crippen LogP contribution in [0.25, 0.3) is 0 Å². The second kappa shape index (κ2) is 2.89. The van der Waals surface area contributed by atoms with E-state index in [-0.39, 0.29) is 4.49 Å². The Morgan fingerprint density at radius 3 is 1.67 bits per heavy atom. The first kappa shape index (κ1) is 6.80. The fourth-order valence-corrected chi connectivity index (χ4v) is 0. The van der Waals surface area contributed by atoms with Crippen LogP contribution in [0.5, 0.6) is 0 Å². The molecule has 0 nitrogen and oxygen atoms in total. The molecule has 0 heterocycles. The summed E-state index contributed by atoms with van der Waals surface area (Å²) in [6.45, 7) is 1.77. The van der Waals surface area contributed by atoms with Crippen LogP contribution in [-0.2, 0) is 0 Å². The van der Waals surface area contributed by atoms with Crippen molar-refractivity contribution >= 4 is 39.1 Å². The van der Waals surface area contributed by atoms with Gasteiger partial charge < -0.3 is 0 Å². The average Bonchev–Trinajstić information content (AvgIpc) is 1.36. The predicted molar refractivity (Wildman–Crippen MR) is 33.3 cm³/mol. The SMILES string of the molecule is CC(Br)=C(Cl)Cl. The third kappa shape index (κ3) is 3.01. The highest BCUT2D eigenvalue weighted by Gasteiger charge is 1.84. The predicted octanol–water partition coefficient (Wildman–Crippen LogP) is 3.05. The van der Waals surface area contributed by atoms with Crippen LogP contribution in [0.4, 0.5) is 0 Å². The Morgan fingerprint density at radius 1 is 1.50 bits per heavy atom. The van der Waals surface area contributed by atoms with Gasteiger partial charge in [-0.3, -0.25) is 0 Å². The Morgan fingerprint density at radius 2 is 1.67 bits per heavy atom. The highest BCUT2D eigenvalue weighted by Crippen LogP contribution is 2.17. The molecule has 0 rings (SSSR count). The number of hydrogen-bond donors (Lipinski definition) is 0. The van der Waals surface area contributed by atoms with E-state index in [9.17, 15) is 0 Å². The number of allylic oxidation sites excluding steroid dienone is 1. The van der Waals surface area contributed by atoms with Crippen molar-refractivity contribution in [2.45, 2.75) is 6.92 Å². The van der Waals surface area contributed by atoms with Gasteiger partial charge in [-0.2, -0.15) is 0 Å². The first-order chi connectivity index (χ1) is 2.64. The number of hydrogen-bond acceptors (Lipinski definition) is 0. The third-order valence-corrected chi connectivity index (χ3v) is 1.68. The summed E-state index contributed by atoms with van der Waals surface area (Å²) in [4.78, 5) is 0. The Hall–Kier alpha value is 0.800. The molecule has 0 aromatic carbocycles. The summed E-state index contributed by atoms with van der Waals surface area (Å²) < 4.78 is 1.06. The van der Waals surface area contributed by atoms with Crippen molar-refractivity contribution < 1.29 is 0 Å². The molecule has 0 saturated heterocycles. The molecule has 0 fully saturated rings. The maximum absolute atomic E-state index is 5.21. The molecule has 0 aromatic heterocycles. The van der Waals surface area contributed by atoms with E-state index in [2.05, 4.69) is 15.9 Å². The molecule has 0 aliphatic rings. The van der Waals surface area contributed by atoms with E-state index in [0.717, 1.165) is 4.48 Å². The molecule has 3 heteroatoms. The van der Waals surface area contributed by atoms with E-state index in [1.807, 2.05) is 0 Å². The molecule has 0 radical (unpaired) electrons. The summed E-state index contributed by atoms with van der Waals surface area (Å²) >= 11 is 13.5. The Labute approximate surface area is 55.3 Å². The molecular weight excluding hydrogens is 187 g/mol. The van der Waals surface area contributed by atoms with E-state index < -0.39 is 0 Å². The van der Waals surface area contributed by atoms with Crippen LogP contribution in [0.3, 0.4) is 0 Å². The van der Waals surface area contributed by atoms with E-state index in [4.69, 9.17) is 23.2 Å². The average molecular weight is 190 g/mol. The summed E-state index contributed by atoms with van der Waals surface area (Å²) in [6, 6.07) is 0. The second-order valence-corrected chi connectivity index (χ2v) is 2.93. The van der Waals surface area contributed by atoms with Crippen molar-refractivity contribution in [3.05, 3.63) is 8.97 Å². The van der Waals surface area contributed by atoms with Crippen molar-refractivity contribution in [3.63, 3.8) is 0 Å². The molecule has 0 aliphatic heterocycles. The molecule has 6 heavy (non-hydrogen) atoms. The monoisotopic (exact) mass is 188 g/mol. The zero-order valence-electron chi connectivity index (χ0n) is 3.13. The summed E-state index contributed by atoms with van der Waals surface area (Å²) in [5.74, 6) is 0. The zero-order chi connectivity index (χ0) is 5.15. The van der Waals surface area contributed by atoms with Crippen LogP contribution < -0.4 is 0 Å². The molecule has 0 saturated carbocycles. The molecule has 0 spiro atoms. The smallest absolute Gasteiger partial charge is 0.0700 e. The highest BCUT2D eigenvalue weighted by atomic mass is 79.9. The van der Waals surface area contributed by atoms with Gasteiger partial charge in [0.25, 0.3) is 0 Å². The zero-order valence-corrected chi connectivity index (χ0v) is 6.23. The van der Waals surface area contributed by atoms with Gasteiger partial charge in [0.1, 0.15) is 4.49 Å². The molecular formula is C3H3BrCl2. The van der Waals surface area contributed by atoms with Gasteiger partial charge in [-0.05, 0) is 6.92 Å². The van der Waals surface area contributed by atoms with Gasteiger partial charge in [0.05, 0.1) is 0 Å². The van der Waals surface area contributed by atoms with Crippen molar-refractivity contribution in [1.82, 2.24) is 0 Å². The Bertz CT molecular complexity index is 58.9. The van der Waals surface area contributed by atoms with Gasteiger partial charge in [0.2, 0.25) is 0 Å². The van der Waals surface area contributed by atoms with Gasteiger partial charge >= 0.3 is 0 Å². The maximum atomic E-state index is 5.21. The van der Waals surface area contributed by atoms with Crippen LogP contribution in [-0.4, -0.2) is 0 Å². The van der Waals surface area contributed by atoms with Crippen molar-refractivity contribution in [2.75, 3.05) is 0 Å². The summed E-state index contributed by atoms with van der Waals surface area (Å²) in [5.41, 5.74) is 0. The van der Waals surface area contributed by atoms with Crippen LogP contribution in [0.2, 0.25) is 0 Å². The van der Waals surface area contributed by atoms with Crippen LogP contribution >= 0.6 is 39.1 Å². The molecule has 0 aromatic rings. The molecule has 0 amide bonds. The van der Waals surface area contributed by atoms with E-state index >= 15 is 0 Å². The van der Waals surface area contributed by atoms with E-state index in [1.54, 1.807) is 6.92 Å². The Kier molecular flexibility index (Phi) is 3.28. The summed E-state index contributed by atoms with van der Waals surface area (Å²) in [6.07, 6.45) is 0. The van der Waals surface area contributed by atoms with Crippen LogP contribution in [0, 0.1) is 0 Å². The first-order valence-electron chi connectivity index (χ1n) is 1.32. The van der Waals surface area contributed by atoms with Crippen LogP contribution in [0.15, 0.2) is 8.97 Å². The fraction of sp³-hybridized carbons (Fsp3) is 0.333. The topological polar surface area (TPSA) is 0 Å². The van der Waals surface area contributed by atoms with Gasteiger partial charge in [0.15, 0.2) is 0 Å². The largest absolute Gasteiger partial charge is 0.116 e. The minimum Gasteiger partial charge on any atom is -0.0700 e. The quantitative estimate of drug-likeness (QED) is 0.550. The molecule has 0 atom stereocenters. The number of halogens is 3. The maximum Gasteiger partial charge on any atom is 0.116 e. The Balaban J connectivity index is 3.68. The van der Waals surface area contributed by atoms with Gasteiger partial charge in [-0.1, -0.05) is 39.1 Å². The van der Waals surface area contributed by atoms with E-state index in [0.29, 0.717) is 0 Å². The van der Waals surface area contributed by atoms with Gasteiger partial charge in [0, 0.05) is 4.48 Å². The highest BCUT2D eigenvalue weighted by molar-refractivity contribution is 9.11. The lowest BCUT2D eigenvalue weighted by Crippen LogP contribution is -1.52. The third-order valence-electron chi connectivity index (χ3n) is 0.260. The van der Waals surface area contributed by atoms with Gasteiger partial charge in [-0.25, -0.2) is 0 Å². The molecule has 36 valence electrons. The lowest BCUT2D eigenvalue weighted by molar-refractivity contribution is 1.72.